The highest BCUT2D eigenvalue weighted by atomic mass is 19.4. The van der Waals surface area contributed by atoms with Crippen LogP contribution in [0.25, 0.3) is 11.1 Å². The number of carbonyl (C=O) groups is 1. The lowest BCUT2D eigenvalue weighted by atomic mass is 9.97. The molecule has 0 radical (unpaired) electrons. The second-order valence-electron chi connectivity index (χ2n) is 6.86. The Labute approximate surface area is 176 Å². The van der Waals surface area contributed by atoms with Crippen LogP contribution in [0.3, 0.4) is 0 Å². The molecule has 1 aliphatic rings. The number of benzene rings is 2. The molecule has 0 aliphatic carbocycles. The van der Waals surface area contributed by atoms with Crippen LogP contribution in [-0.2, 0) is 23.7 Å². The largest absolute Gasteiger partial charge is 0.416 e. The second kappa shape index (κ2) is 10.2. The van der Waals surface area contributed by atoms with Gasteiger partial charge >= 0.3 is 12.4 Å². The molecule has 1 fully saturated rings. The zero-order valence-electron chi connectivity index (χ0n) is 17.1. The van der Waals surface area contributed by atoms with Crippen LogP contribution >= 0.6 is 0 Å². The standard InChI is InChI=1S/C20H18F6N2O.C2H6/c21-19(22,23)15-8-14(9-16(10-15)20(24,25)26)13-4-1-3-12(7-13)11-28-18(29)17-5-2-6-27-17;1-2/h1,3-4,7-10,17,27H,2,5-6,11H2,(H,28,29);1-2H3. The average Bonchev–Trinajstić information content (AvgIpc) is 3.27. The van der Waals surface area contributed by atoms with E-state index >= 15 is 0 Å². The van der Waals surface area contributed by atoms with Crippen molar-refractivity contribution in [2.45, 2.75) is 51.6 Å². The van der Waals surface area contributed by atoms with Crippen LogP contribution in [0.4, 0.5) is 26.3 Å². The predicted octanol–water partition coefficient (Wildman–Crippen LogP) is 5.79. The van der Waals surface area contributed by atoms with Crippen molar-refractivity contribution < 1.29 is 31.1 Å². The molecular weight excluding hydrogens is 422 g/mol. The van der Waals surface area contributed by atoms with Crippen LogP contribution < -0.4 is 10.6 Å². The van der Waals surface area contributed by atoms with Crippen LogP contribution in [-0.4, -0.2) is 18.5 Å². The first kappa shape index (κ1) is 24.7. The molecule has 3 nitrogen and oxygen atoms in total. The molecule has 1 aliphatic heterocycles. The van der Waals surface area contributed by atoms with Crippen LogP contribution in [0.1, 0.15) is 43.4 Å². The lowest BCUT2D eigenvalue weighted by Crippen LogP contribution is -2.39. The first-order chi connectivity index (χ1) is 14.5. The average molecular weight is 446 g/mol. The van der Waals surface area contributed by atoms with E-state index in [0.717, 1.165) is 19.4 Å². The number of halogens is 6. The number of hydrogen-bond acceptors (Lipinski definition) is 2. The summed E-state index contributed by atoms with van der Waals surface area (Å²) >= 11 is 0. The highest BCUT2D eigenvalue weighted by Crippen LogP contribution is 2.38. The Balaban J connectivity index is 0.00000166. The summed E-state index contributed by atoms with van der Waals surface area (Å²) in [6, 6.07) is 7.27. The Morgan fingerprint density at radius 2 is 1.58 bits per heavy atom. The van der Waals surface area contributed by atoms with Crippen LogP contribution in [0.15, 0.2) is 42.5 Å². The minimum absolute atomic E-state index is 0.0994. The number of hydrogen-bond donors (Lipinski definition) is 2. The lowest BCUT2D eigenvalue weighted by Gasteiger charge is -2.15. The summed E-state index contributed by atoms with van der Waals surface area (Å²) in [5.41, 5.74) is -2.16. The van der Waals surface area contributed by atoms with Gasteiger partial charge in [0, 0.05) is 6.54 Å². The number of nitrogens with one attached hydrogen (secondary N) is 2. The van der Waals surface area contributed by atoms with E-state index in [1.54, 1.807) is 6.07 Å². The third-order valence-electron chi connectivity index (χ3n) is 4.69. The minimum Gasteiger partial charge on any atom is -0.351 e. The fraction of sp³-hybridized carbons (Fsp3) is 0.409. The van der Waals surface area contributed by atoms with Gasteiger partial charge in [0.1, 0.15) is 0 Å². The van der Waals surface area contributed by atoms with Gasteiger partial charge in [-0.3, -0.25) is 4.79 Å². The minimum atomic E-state index is -4.91. The summed E-state index contributed by atoms with van der Waals surface area (Å²) in [6.45, 7) is 4.88. The zero-order chi connectivity index (χ0) is 23.2. The number of carbonyl (C=O) groups excluding carboxylic acids is 1. The molecule has 1 saturated heterocycles. The fourth-order valence-corrected chi connectivity index (χ4v) is 3.20. The van der Waals surface area contributed by atoms with E-state index in [-0.39, 0.29) is 35.7 Å². The van der Waals surface area contributed by atoms with Gasteiger partial charge in [-0.2, -0.15) is 26.3 Å². The van der Waals surface area contributed by atoms with Gasteiger partial charge in [-0.05, 0) is 60.3 Å². The van der Waals surface area contributed by atoms with E-state index in [2.05, 4.69) is 10.6 Å². The highest BCUT2D eigenvalue weighted by Gasteiger charge is 2.37. The third kappa shape index (κ3) is 6.72. The van der Waals surface area contributed by atoms with E-state index < -0.39 is 23.5 Å². The van der Waals surface area contributed by atoms with E-state index in [9.17, 15) is 31.1 Å². The molecule has 0 aromatic heterocycles. The summed E-state index contributed by atoms with van der Waals surface area (Å²) in [6.07, 6.45) is -8.20. The van der Waals surface area contributed by atoms with Gasteiger partial charge in [0.15, 0.2) is 0 Å². The molecule has 0 saturated carbocycles. The maximum atomic E-state index is 13.1. The SMILES string of the molecule is CC.O=C(NCc1cccc(-c2cc(C(F)(F)F)cc(C(F)(F)F)c2)c1)C1CCCN1. The third-order valence-corrected chi connectivity index (χ3v) is 4.69. The Bertz CT molecular complexity index is 854. The maximum absolute atomic E-state index is 13.1. The van der Waals surface area contributed by atoms with Crippen LogP contribution in [0, 0.1) is 0 Å². The van der Waals surface area contributed by atoms with Crippen molar-refractivity contribution >= 4 is 5.91 Å². The molecule has 9 heteroatoms. The monoisotopic (exact) mass is 446 g/mol. The van der Waals surface area contributed by atoms with Crippen molar-refractivity contribution in [3.05, 3.63) is 59.2 Å². The summed E-state index contributed by atoms with van der Waals surface area (Å²) in [7, 11) is 0. The molecule has 0 spiro atoms. The van der Waals surface area contributed by atoms with Crippen molar-refractivity contribution in [3.63, 3.8) is 0 Å². The zero-order valence-corrected chi connectivity index (χ0v) is 17.1. The molecule has 0 bridgehead atoms. The van der Waals surface area contributed by atoms with Crippen molar-refractivity contribution in [3.8, 4) is 11.1 Å². The van der Waals surface area contributed by atoms with Gasteiger partial charge in [0.2, 0.25) is 5.91 Å². The molecule has 2 N–H and O–H groups in total. The Kier molecular flexibility index (Phi) is 8.11. The van der Waals surface area contributed by atoms with Gasteiger partial charge in [-0.15, -0.1) is 0 Å². The fourth-order valence-electron chi connectivity index (χ4n) is 3.20. The summed E-state index contributed by atoms with van der Waals surface area (Å²) < 4.78 is 78.4. The number of rotatable bonds is 4. The van der Waals surface area contributed by atoms with E-state index in [4.69, 9.17) is 0 Å². The van der Waals surface area contributed by atoms with E-state index in [0.29, 0.717) is 17.7 Å². The maximum Gasteiger partial charge on any atom is 0.416 e. The molecule has 3 rings (SSSR count). The molecule has 1 amide bonds. The molecule has 31 heavy (non-hydrogen) atoms. The quantitative estimate of drug-likeness (QED) is 0.584. The molecule has 1 atom stereocenters. The summed E-state index contributed by atoms with van der Waals surface area (Å²) in [5, 5.41) is 5.77. The Morgan fingerprint density at radius 3 is 2.10 bits per heavy atom. The van der Waals surface area contributed by atoms with Crippen molar-refractivity contribution in [1.82, 2.24) is 10.6 Å². The molecule has 2 aromatic carbocycles. The van der Waals surface area contributed by atoms with Gasteiger partial charge in [0.25, 0.3) is 0 Å². The number of alkyl halides is 6. The van der Waals surface area contributed by atoms with Crippen molar-refractivity contribution in [2.24, 2.45) is 0 Å². The van der Waals surface area contributed by atoms with E-state index in [1.807, 2.05) is 13.8 Å². The molecule has 170 valence electrons. The van der Waals surface area contributed by atoms with Crippen LogP contribution in [0.2, 0.25) is 0 Å². The first-order valence-corrected chi connectivity index (χ1v) is 9.94. The summed E-state index contributed by atoms with van der Waals surface area (Å²) in [5.74, 6) is -0.189. The van der Waals surface area contributed by atoms with Gasteiger partial charge in [0.05, 0.1) is 17.2 Å². The van der Waals surface area contributed by atoms with Gasteiger partial charge < -0.3 is 10.6 Å². The second-order valence-corrected chi connectivity index (χ2v) is 6.86. The molecule has 1 heterocycles. The predicted molar refractivity (Wildman–Crippen MR) is 106 cm³/mol. The molecular formula is C22H24F6N2O. The van der Waals surface area contributed by atoms with Crippen molar-refractivity contribution in [1.29, 1.82) is 0 Å². The first-order valence-electron chi connectivity index (χ1n) is 9.94. The lowest BCUT2D eigenvalue weighted by molar-refractivity contribution is -0.143. The van der Waals surface area contributed by atoms with E-state index in [1.165, 1.54) is 18.2 Å². The highest BCUT2D eigenvalue weighted by molar-refractivity contribution is 5.82. The van der Waals surface area contributed by atoms with Crippen molar-refractivity contribution in [2.75, 3.05) is 6.54 Å². The Morgan fingerprint density at radius 1 is 0.968 bits per heavy atom. The number of amides is 1. The van der Waals surface area contributed by atoms with Gasteiger partial charge in [-0.1, -0.05) is 32.0 Å². The Hall–Kier alpha value is -2.55. The normalized spacial score (nSPS) is 16.5. The molecule has 2 aromatic rings. The molecule has 1 unspecified atom stereocenters. The smallest absolute Gasteiger partial charge is 0.351 e. The topological polar surface area (TPSA) is 41.1 Å². The summed E-state index contributed by atoms with van der Waals surface area (Å²) in [4.78, 5) is 12.1. The van der Waals surface area contributed by atoms with Crippen LogP contribution in [0.5, 0.6) is 0 Å². The van der Waals surface area contributed by atoms with Gasteiger partial charge in [-0.25, -0.2) is 0 Å².